The molecule has 2 nitrogen and oxygen atoms in total. The normalized spacial score (nSPS) is 12.4. The van der Waals surface area contributed by atoms with Crippen LogP contribution in [0.25, 0.3) is 0 Å². The molecule has 1 aromatic rings. The average Bonchev–Trinajstić information content (AvgIpc) is 2.26. The molecular weight excluding hydrogens is 198 g/mol. The van der Waals surface area contributed by atoms with Crippen LogP contribution >= 0.6 is 11.6 Å². The van der Waals surface area contributed by atoms with E-state index in [0.717, 1.165) is 5.56 Å². The van der Waals surface area contributed by atoms with Crippen LogP contribution in [0.3, 0.4) is 0 Å². The largest absolute Gasteiger partial charge is 0.310 e. The lowest BCUT2D eigenvalue weighted by molar-refractivity contribution is -0.118. The van der Waals surface area contributed by atoms with Crippen LogP contribution in [-0.2, 0) is 11.2 Å². The van der Waals surface area contributed by atoms with Gasteiger partial charge in [-0.25, -0.2) is 0 Å². The minimum Gasteiger partial charge on any atom is -0.310 e. The molecule has 1 N–H and O–H groups in total. The van der Waals surface area contributed by atoms with Crippen LogP contribution < -0.4 is 5.32 Å². The highest BCUT2D eigenvalue weighted by Gasteiger charge is 2.14. The molecule has 0 heterocycles. The molecular formula is C11H14ClNO. The van der Waals surface area contributed by atoms with Gasteiger partial charge in [0, 0.05) is 0 Å². The van der Waals surface area contributed by atoms with Crippen molar-refractivity contribution < 1.29 is 4.79 Å². The number of carbonyl (C=O) groups excluding carboxylic acids is 1. The molecule has 0 radical (unpaired) electrons. The molecule has 0 bridgehead atoms. The third-order valence-electron chi connectivity index (χ3n) is 2.15. The number of ketones is 1. The number of carbonyl (C=O) groups is 1. The Morgan fingerprint density at radius 2 is 2.07 bits per heavy atom. The van der Waals surface area contributed by atoms with Gasteiger partial charge in [-0.15, -0.1) is 11.6 Å². The Morgan fingerprint density at radius 3 is 2.57 bits per heavy atom. The summed E-state index contributed by atoms with van der Waals surface area (Å²) in [5, 5.41) is 2.97. The van der Waals surface area contributed by atoms with Crippen LogP contribution in [-0.4, -0.2) is 24.8 Å². The zero-order chi connectivity index (χ0) is 10.4. The standard InChI is InChI=1S/C11H14ClNO/c1-13-10(11(14)8-12)7-9-5-3-2-4-6-9/h2-6,10,13H,7-8H2,1H3/t10-/m0/s1. The fourth-order valence-electron chi connectivity index (χ4n) is 1.32. The maximum absolute atomic E-state index is 11.4. The molecule has 0 unspecified atom stereocenters. The summed E-state index contributed by atoms with van der Waals surface area (Å²) in [5.41, 5.74) is 1.14. The molecule has 0 aliphatic carbocycles. The maximum Gasteiger partial charge on any atom is 0.164 e. The number of hydrogen-bond donors (Lipinski definition) is 1. The van der Waals surface area contributed by atoms with Crippen molar-refractivity contribution >= 4 is 17.4 Å². The lowest BCUT2D eigenvalue weighted by Gasteiger charge is -2.13. The molecule has 0 aliphatic heterocycles. The van der Waals surface area contributed by atoms with Gasteiger partial charge in [0.15, 0.2) is 5.78 Å². The van der Waals surface area contributed by atoms with Gasteiger partial charge >= 0.3 is 0 Å². The van der Waals surface area contributed by atoms with Crippen molar-refractivity contribution in [3.05, 3.63) is 35.9 Å². The minimum atomic E-state index is -0.171. The summed E-state index contributed by atoms with van der Waals surface area (Å²) in [7, 11) is 1.78. The topological polar surface area (TPSA) is 29.1 Å². The molecule has 1 rings (SSSR count). The zero-order valence-electron chi connectivity index (χ0n) is 8.16. The first kappa shape index (κ1) is 11.2. The van der Waals surface area contributed by atoms with Crippen LogP contribution in [0, 0.1) is 0 Å². The summed E-state index contributed by atoms with van der Waals surface area (Å²) >= 11 is 5.50. The SMILES string of the molecule is CN[C@@H](Cc1ccccc1)C(=O)CCl. The van der Waals surface area contributed by atoms with Gasteiger partial charge in [-0.1, -0.05) is 30.3 Å². The van der Waals surface area contributed by atoms with E-state index in [0.29, 0.717) is 6.42 Å². The molecule has 0 saturated heterocycles. The fraction of sp³-hybridized carbons (Fsp3) is 0.364. The van der Waals surface area contributed by atoms with Crippen molar-refractivity contribution in [2.45, 2.75) is 12.5 Å². The first-order valence-electron chi connectivity index (χ1n) is 4.57. The van der Waals surface area contributed by atoms with E-state index in [1.165, 1.54) is 0 Å². The number of hydrogen-bond acceptors (Lipinski definition) is 2. The van der Waals surface area contributed by atoms with Gasteiger partial charge in [-0.3, -0.25) is 4.79 Å². The van der Waals surface area contributed by atoms with E-state index in [2.05, 4.69) is 5.32 Å². The maximum atomic E-state index is 11.4. The van der Waals surface area contributed by atoms with Crippen molar-refractivity contribution in [3.63, 3.8) is 0 Å². The van der Waals surface area contributed by atoms with E-state index in [4.69, 9.17) is 11.6 Å². The number of rotatable bonds is 5. The molecule has 0 fully saturated rings. The van der Waals surface area contributed by atoms with Crippen LogP contribution in [0.5, 0.6) is 0 Å². The van der Waals surface area contributed by atoms with Crippen LogP contribution in [0.15, 0.2) is 30.3 Å². The molecule has 76 valence electrons. The second kappa shape index (κ2) is 5.78. The van der Waals surface area contributed by atoms with Gasteiger partial charge in [0.05, 0.1) is 11.9 Å². The van der Waals surface area contributed by atoms with Gasteiger partial charge in [0.25, 0.3) is 0 Å². The van der Waals surface area contributed by atoms with Crippen LogP contribution in [0.1, 0.15) is 5.56 Å². The molecule has 0 spiro atoms. The number of Topliss-reactive ketones (excluding diaryl/α,β-unsaturated/α-hetero) is 1. The summed E-state index contributed by atoms with van der Waals surface area (Å²) in [6, 6.07) is 9.73. The van der Waals surface area contributed by atoms with E-state index in [9.17, 15) is 4.79 Å². The first-order valence-corrected chi connectivity index (χ1v) is 5.11. The van der Waals surface area contributed by atoms with Crippen molar-refractivity contribution in [3.8, 4) is 0 Å². The lowest BCUT2D eigenvalue weighted by atomic mass is 10.0. The Hall–Kier alpha value is -0.860. The Bertz CT molecular complexity index is 287. The summed E-state index contributed by atoms with van der Waals surface area (Å²) < 4.78 is 0. The molecule has 0 aromatic heterocycles. The lowest BCUT2D eigenvalue weighted by Crippen LogP contribution is -2.36. The number of halogens is 1. The Kier molecular flexibility index (Phi) is 4.63. The monoisotopic (exact) mass is 211 g/mol. The Balaban J connectivity index is 2.62. The fourth-order valence-corrected chi connectivity index (χ4v) is 1.51. The number of alkyl halides is 1. The number of benzene rings is 1. The average molecular weight is 212 g/mol. The molecule has 1 aromatic carbocycles. The molecule has 1 atom stereocenters. The summed E-state index contributed by atoms with van der Waals surface area (Å²) in [6.45, 7) is 0. The van der Waals surface area contributed by atoms with Gasteiger partial charge < -0.3 is 5.32 Å². The summed E-state index contributed by atoms with van der Waals surface area (Å²) in [6.07, 6.45) is 0.697. The highest BCUT2D eigenvalue weighted by Crippen LogP contribution is 2.04. The first-order chi connectivity index (χ1) is 6.77. The smallest absolute Gasteiger partial charge is 0.164 e. The van der Waals surface area contributed by atoms with Crippen molar-refractivity contribution in [2.75, 3.05) is 12.9 Å². The zero-order valence-corrected chi connectivity index (χ0v) is 8.92. The van der Waals surface area contributed by atoms with E-state index in [1.54, 1.807) is 7.05 Å². The Labute approximate surface area is 89.3 Å². The second-order valence-corrected chi connectivity index (χ2v) is 3.40. The Morgan fingerprint density at radius 1 is 1.43 bits per heavy atom. The minimum absolute atomic E-state index is 0.0398. The van der Waals surface area contributed by atoms with Crippen molar-refractivity contribution in [2.24, 2.45) is 0 Å². The highest BCUT2D eigenvalue weighted by atomic mass is 35.5. The van der Waals surface area contributed by atoms with E-state index < -0.39 is 0 Å². The van der Waals surface area contributed by atoms with Gasteiger partial charge in [0.2, 0.25) is 0 Å². The third-order valence-corrected chi connectivity index (χ3v) is 2.41. The van der Waals surface area contributed by atoms with Gasteiger partial charge in [-0.2, -0.15) is 0 Å². The predicted octanol–water partition coefficient (Wildman–Crippen LogP) is 1.62. The molecule has 0 saturated carbocycles. The molecule has 14 heavy (non-hydrogen) atoms. The van der Waals surface area contributed by atoms with Gasteiger partial charge in [-0.05, 0) is 19.0 Å². The van der Waals surface area contributed by atoms with Crippen LogP contribution in [0.4, 0.5) is 0 Å². The van der Waals surface area contributed by atoms with E-state index in [1.807, 2.05) is 30.3 Å². The molecule has 0 amide bonds. The van der Waals surface area contributed by atoms with E-state index in [-0.39, 0.29) is 17.7 Å². The third kappa shape index (κ3) is 3.13. The number of nitrogens with one attached hydrogen (secondary N) is 1. The predicted molar refractivity (Wildman–Crippen MR) is 58.7 cm³/mol. The quantitative estimate of drug-likeness (QED) is 0.751. The van der Waals surface area contributed by atoms with Gasteiger partial charge in [0.1, 0.15) is 0 Å². The molecule has 3 heteroatoms. The van der Waals surface area contributed by atoms with Crippen LogP contribution in [0.2, 0.25) is 0 Å². The van der Waals surface area contributed by atoms with E-state index >= 15 is 0 Å². The highest BCUT2D eigenvalue weighted by molar-refractivity contribution is 6.28. The summed E-state index contributed by atoms with van der Waals surface area (Å²) in [5.74, 6) is 0.108. The van der Waals surface area contributed by atoms with Crippen molar-refractivity contribution in [1.29, 1.82) is 0 Å². The summed E-state index contributed by atoms with van der Waals surface area (Å²) in [4.78, 5) is 11.4. The van der Waals surface area contributed by atoms with Crippen molar-refractivity contribution in [1.82, 2.24) is 5.32 Å². The molecule has 0 aliphatic rings. The second-order valence-electron chi connectivity index (χ2n) is 3.13. The number of likely N-dealkylation sites (N-methyl/N-ethyl adjacent to an activating group) is 1.